The molecule has 0 unspecified atom stereocenters. The van der Waals surface area contributed by atoms with Crippen LogP contribution in [0.5, 0.6) is 0 Å². The van der Waals surface area contributed by atoms with Crippen LogP contribution in [0.2, 0.25) is 0 Å². The molecule has 14 aromatic carbocycles. The first-order chi connectivity index (χ1) is 51.5. The largest absolute Gasteiger partial charge is 0.455 e. The van der Waals surface area contributed by atoms with E-state index in [1.807, 2.05) is 109 Å². The quantitative estimate of drug-likeness (QED) is 0.117. The Morgan fingerprint density at radius 1 is 0.202 bits per heavy atom. The van der Waals surface area contributed by atoms with Gasteiger partial charge in [-0.25, -0.2) is 39.9 Å². The summed E-state index contributed by atoms with van der Waals surface area (Å²) in [6.45, 7) is 0. The maximum Gasteiger partial charge on any atom is 0.164 e. The van der Waals surface area contributed by atoms with Gasteiger partial charge in [0.05, 0.1) is 20.4 Å². The van der Waals surface area contributed by atoms with Crippen LogP contribution in [-0.4, -0.2) is 39.9 Å². The lowest BCUT2D eigenvalue weighted by Crippen LogP contribution is -2.00. The molecule has 6 heterocycles. The molecule has 0 bridgehead atoms. The minimum Gasteiger partial charge on any atom is -0.455 e. The van der Waals surface area contributed by atoms with Crippen molar-refractivity contribution >= 4 is 87.0 Å². The van der Waals surface area contributed by atoms with Gasteiger partial charge in [-0.05, 0) is 75.8 Å². The summed E-state index contributed by atoms with van der Waals surface area (Å²) in [5, 5.41) is 5.98. The van der Waals surface area contributed by atoms with Crippen molar-refractivity contribution < 1.29 is 8.83 Å². The molecule has 0 fully saturated rings. The number of hydrogen-bond donors (Lipinski definition) is 0. The Kier molecular flexibility index (Phi) is 15.7. The van der Waals surface area contributed by atoms with Crippen molar-refractivity contribution in [3.63, 3.8) is 0 Å². The van der Waals surface area contributed by atoms with Crippen LogP contribution in [0.15, 0.2) is 349 Å². The highest BCUT2D eigenvalue weighted by molar-refractivity contribution is 7.22. The van der Waals surface area contributed by atoms with Crippen LogP contribution in [0.25, 0.3) is 198 Å². The van der Waals surface area contributed by atoms with Crippen molar-refractivity contribution in [3.05, 3.63) is 340 Å². The van der Waals surface area contributed by atoms with Gasteiger partial charge >= 0.3 is 0 Å². The van der Waals surface area contributed by atoms with Crippen molar-refractivity contribution in [2.24, 2.45) is 0 Å². The molecule has 12 heteroatoms. The van der Waals surface area contributed by atoms with E-state index in [1.54, 1.807) is 22.7 Å². The maximum absolute atomic E-state index is 6.67. The second-order valence-electron chi connectivity index (χ2n) is 25.3. The minimum absolute atomic E-state index is 0.591. The average Bonchev–Trinajstić information content (AvgIpc) is 1.58. The monoisotopic (exact) mass is 1370 g/mol. The fourth-order valence-corrected chi connectivity index (χ4v) is 15.6. The van der Waals surface area contributed by atoms with Crippen molar-refractivity contribution in [2.45, 2.75) is 0 Å². The van der Waals surface area contributed by atoms with Gasteiger partial charge in [-0.15, -0.1) is 22.7 Å². The van der Waals surface area contributed by atoms with E-state index in [0.717, 1.165) is 154 Å². The number of fused-ring (bicyclic) bond motifs is 8. The molecule has 10 nitrogen and oxygen atoms in total. The number of furan rings is 2. The van der Waals surface area contributed by atoms with Crippen LogP contribution in [0.4, 0.5) is 0 Å². The smallest absolute Gasteiger partial charge is 0.164 e. The third-order valence-corrected chi connectivity index (χ3v) is 21.0. The summed E-state index contributed by atoms with van der Waals surface area (Å²) in [6.07, 6.45) is 0. The molecule has 20 aromatic rings. The minimum atomic E-state index is 0.591. The first-order valence-electron chi connectivity index (χ1n) is 34.3. The van der Waals surface area contributed by atoms with Crippen LogP contribution in [0.1, 0.15) is 0 Å². The van der Waals surface area contributed by atoms with Crippen molar-refractivity contribution in [3.8, 4) is 134 Å². The van der Waals surface area contributed by atoms with Gasteiger partial charge in [-0.2, -0.15) is 0 Å². The number of para-hydroxylation sites is 4. The molecule has 0 amide bonds. The molecule has 104 heavy (non-hydrogen) atoms. The molecule has 0 atom stereocenters. The summed E-state index contributed by atoms with van der Waals surface area (Å²) in [5.41, 5.74) is 21.6. The summed E-state index contributed by atoms with van der Waals surface area (Å²) >= 11 is 3.42. The second-order valence-corrected chi connectivity index (χ2v) is 27.4. The topological polar surface area (TPSA) is 129 Å². The molecular weight excluding hydrogens is 1310 g/mol. The highest BCUT2D eigenvalue weighted by Crippen LogP contribution is 2.44. The molecule has 20 rings (SSSR count). The molecular formula is C92H56N8O2S2. The predicted octanol–water partition coefficient (Wildman–Crippen LogP) is 24.8. The van der Waals surface area contributed by atoms with E-state index in [4.69, 9.17) is 48.7 Å². The Morgan fingerprint density at radius 3 is 0.962 bits per heavy atom. The number of benzene rings is 14. The van der Waals surface area contributed by atoms with Gasteiger partial charge in [0, 0.05) is 77.2 Å². The molecule has 0 spiro atoms. The summed E-state index contributed by atoms with van der Waals surface area (Å²) in [4.78, 5) is 40.1. The Balaban J connectivity index is 0.000000143. The summed E-state index contributed by atoms with van der Waals surface area (Å²) in [7, 11) is 0. The van der Waals surface area contributed by atoms with E-state index in [0.29, 0.717) is 34.9 Å². The summed E-state index contributed by atoms with van der Waals surface area (Å²) < 4.78 is 15.7. The van der Waals surface area contributed by atoms with Crippen molar-refractivity contribution in [2.75, 3.05) is 0 Å². The number of hydrogen-bond acceptors (Lipinski definition) is 12. The lowest BCUT2D eigenvalue weighted by molar-refractivity contribution is 0.669. The van der Waals surface area contributed by atoms with Crippen LogP contribution in [0, 0.1) is 0 Å². The molecule has 0 saturated heterocycles. The van der Waals surface area contributed by atoms with Crippen LogP contribution < -0.4 is 0 Å². The lowest BCUT2D eigenvalue weighted by atomic mass is 9.99. The summed E-state index contributed by atoms with van der Waals surface area (Å²) in [6, 6.07) is 116. The van der Waals surface area contributed by atoms with Crippen LogP contribution >= 0.6 is 22.7 Å². The van der Waals surface area contributed by atoms with E-state index in [2.05, 4.69) is 231 Å². The number of rotatable bonds is 12. The maximum atomic E-state index is 6.67. The Morgan fingerprint density at radius 2 is 0.510 bits per heavy atom. The first-order valence-corrected chi connectivity index (χ1v) is 35.9. The average molecular weight is 1370 g/mol. The lowest BCUT2D eigenvalue weighted by Gasteiger charge is -2.10. The zero-order valence-corrected chi connectivity index (χ0v) is 57.2. The van der Waals surface area contributed by atoms with E-state index < -0.39 is 0 Å². The van der Waals surface area contributed by atoms with Gasteiger partial charge in [0.25, 0.3) is 0 Å². The highest BCUT2D eigenvalue weighted by Gasteiger charge is 2.23. The third-order valence-electron chi connectivity index (χ3n) is 18.8. The second kappa shape index (κ2) is 26.5. The highest BCUT2D eigenvalue weighted by atomic mass is 32.1. The molecule has 0 saturated carbocycles. The molecule has 0 radical (unpaired) electrons. The van der Waals surface area contributed by atoms with Crippen molar-refractivity contribution in [1.29, 1.82) is 0 Å². The number of aromatic nitrogens is 8. The Bertz CT molecular complexity index is 6510. The van der Waals surface area contributed by atoms with E-state index in [-0.39, 0.29) is 0 Å². The van der Waals surface area contributed by atoms with Gasteiger partial charge in [0.15, 0.2) is 34.9 Å². The molecule has 0 N–H and O–H groups in total. The Labute approximate surface area is 605 Å². The summed E-state index contributed by atoms with van der Waals surface area (Å²) in [5.74, 6) is 3.64. The normalized spacial score (nSPS) is 11.5. The number of nitrogens with zero attached hydrogens (tertiary/aromatic N) is 8. The van der Waals surface area contributed by atoms with Gasteiger partial charge in [0.1, 0.15) is 32.3 Å². The molecule has 6 aromatic heterocycles. The van der Waals surface area contributed by atoms with Gasteiger partial charge in [-0.3, -0.25) is 0 Å². The molecule has 0 aliphatic heterocycles. The van der Waals surface area contributed by atoms with Crippen molar-refractivity contribution in [1.82, 2.24) is 39.9 Å². The predicted molar refractivity (Wildman–Crippen MR) is 426 cm³/mol. The fraction of sp³-hybridized carbons (Fsp3) is 0. The zero-order chi connectivity index (χ0) is 68.9. The Hall–Kier alpha value is -13.5. The standard InChI is InChI=1S/2C46H28N4OS/c1-3-12-29(13-4-1)33-16-9-17-34(28-33)44-48-43(31-14-5-2-6-15-31)49-45(50-44)37-20-11-22-39-41(37)36-19-10-18-35(42(36)51-39)30-24-26-32(27-25-30)46-47-38-21-7-8-23-40(38)52-46;1-3-11-29(12-4-1)30-21-25-33(26-22-30)44-48-43(32-13-5-2-6-14-32)49-45(50-44)37-17-10-19-39-41(37)36-16-9-15-35(42(36)51-39)31-23-27-34(28-24-31)46-47-38-18-7-8-20-40(38)52-46/h2*1-28H. The van der Waals surface area contributed by atoms with E-state index in [1.165, 1.54) is 9.40 Å². The van der Waals surface area contributed by atoms with Gasteiger partial charge in [0.2, 0.25) is 0 Å². The van der Waals surface area contributed by atoms with E-state index in [9.17, 15) is 0 Å². The fourth-order valence-electron chi connectivity index (χ4n) is 13.7. The molecule has 488 valence electrons. The van der Waals surface area contributed by atoms with Crippen LogP contribution in [0.3, 0.4) is 0 Å². The SMILES string of the molecule is c1ccc(-c2ccc(-c3nc(-c4ccccc4)nc(-c4cccc5oc6c(-c7ccc(-c8nc9ccccc9s8)cc7)cccc6c45)n3)cc2)cc1.c1ccc(-c2cccc(-c3nc(-c4ccccc4)nc(-c4cccc5oc6c(-c7ccc(-c8nc9ccccc9s8)cc7)cccc6c45)n3)c2)cc1. The molecule has 0 aliphatic rings. The zero-order valence-electron chi connectivity index (χ0n) is 55.5. The number of thiazole rings is 2. The van der Waals surface area contributed by atoms with Crippen LogP contribution in [-0.2, 0) is 0 Å². The third kappa shape index (κ3) is 11.7. The van der Waals surface area contributed by atoms with Gasteiger partial charge < -0.3 is 8.83 Å². The van der Waals surface area contributed by atoms with Gasteiger partial charge in [-0.1, -0.05) is 297 Å². The van der Waals surface area contributed by atoms with E-state index >= 15 is 0 Å². The first kappa shape index (κ1) is 61.6. The molecule has 0 aliphatic carbocycles.